The molecule has 0 saturated heterocycles. The number of methoxy groups -OCH3 is 2. The van der Waals surface area contributed by atoms with Gasteiger partial charge in [0.05, 0.1) is 20.8 Å². The molecular weight excluding hydrogens is 366 g/mol. The third-order valence-corrected chi connectivity index (χ3v) is 5.07. The minimum atomic E-state index is 0.759. The average Bonchev–Trinajstić information content (AvgIpc) is 3.23. The van der Waals surface area contributed by atoms with Crippen LogP contribution in [0.3, 0.4) is 0 Å². The van der Waals surface area contributed by atoms with Gasteiger partial charge in [0, 0.05) is 26.6 Å². The van der Waals surface area contributed by atoms with Gasteiger partial charge in [-0.3, -0.25) is 4.99 Å². The molecule has 2 N–H and O–H groups in total. The minimum Gasteiger partial charge on any atom is -0.493 e. The standard InChI is InChI=1S/C23H31N3O3/c1-24-23(26-13-10-18-6-8-20-19(15-18)11-14-29-20)25-12-4-5-17-7-9-21(27-2)22(16-17)28-3/h6-9,15-16H,4-5,10-14H2,1-3H3,(H2,24,25,26). The zero-order valence-corrected chi connectivity index (χ0v) is 17.6. The summed E-state index contributed by atoms with van der Waals surface area (Å²) >= 11 is 0. The molecule has 0 spiro atoms. The fraction of sp³-hybridized carbons (Fsp3) is 0.435. The number of ether oxygens (including phenoxy) is 3. The molecule has 6 heteroatoms. The Bertz CT molecular complexity index is 836. The number of aliphatic imine (C=N–C) groups is 1. The second kappa shape index (κ2) is 10.6. The van der Waals surface area contributed by atoms with Gasteiger partial charge in [0.2, 0.25) is 0 Å². The third-order valence-electron chi connectivity index (χ3n) is 5.07. The number of nitrogens with zero attached hydrogens (tertiary/aromatic N) is 1. The van der Waals surface area contributed by atoms with E-state index in [2.05, 4.69) is 39.9 Å². The van der Waals surface area contributed by atoms with Gasteiger partial charge in [-0.25, -0.2) is 0 Å². The van der Waals surface area contributed by atoms with Crippen LogP contribution < -0.4 is 24.8 Å². The van der Waals surface area contributed by atoms with Crippen LogP contribution in [0.4, 0.5) is 0 Å². The molecule has 1 aliphatic rings. The molecule has 0 atom stereocenters. The number of hydrogen-bond acceptors (Lipinski definition) is 4. The van der Waals surface area contributed by atoms with E-state index in [-0.39, 0.29) is 0 Å². The smallest absolute Gasteiger partial charge is 0.190 e. The first-order chi connectivity index (χ1) is 14.2. The summed E-state index contributed by atoms with van der Waals surface area (Å²) in [5, 5.41) is 6.77. The Balaban J connectivity index is 1.37. The second-order valence-electron chi connectivity index (χ2n) is 7.01. The van der Waals surface area contributed by atoms with Crippen LogP contribution >= 0.6 is 0 Å². The number of aryl methyl sites for hydroxylation is 1. The third kappa shape index (κ3) is 5.79. The Hall–Kier alpha value is -2.89. The van der Waals surface area contributed by atoms with Crippen LogP contribution in [0.5, 0.6) is 17.2 Å². The SMILES string of the molecule is CN=C(NCCCc1ccc(OC)c(OC)c1)NCCc1ccc2c(c1)CCO2. The van der Waals surface area contributed by atoms with Gasteiger partial charge in [-0.15, -0.1) is 0 Å². The van der Waals surface area contributed by atoms with Crippen molar-refractivity contribution in [3.8, 4) is 17.2 Å². The summed E-state index contributed by atoms with van der Waals surface area (Å²) in [5.74, 6) is 3.40. The lowest BCUT2D eigenvalue weighted by molar-refractivity contribution is 0.354. The van der Waals surface area contributed by atoms with Gasteiger partial charge < -0.3 is 24.8 Å². The fourth-order valence-corrected chi connectivity index (χ4v) is 3.48. The van der Waals surface area contributed by atoms with E-state index in [0.717, 1.165) is 68.6 Å². The van der Waals surface area contributed by atoms with Gasteiger partial charge in [-0.05, 0) is 54.2 Å². The predicted octanol–water partition coefficient (Wildman–Crippen LogP) is 2.98. The molecule has 3 rings (SSSR count). The van der Waals surface area contributed by atoms with E-state index in [9.17, 15) is 0 Å². The number of guanidine groups is 1. The summed E-state index contributed by atoms with van der Waals surface area (Å²) in [6.07, 6.45) is 3.93. The van der Waals surface area contributed by atoms with E-state index in [1.165, 1.54) is 16.7 Å². The highest BCUT2D eigenvalue weighted by Gasteiger charge is 2.11. The van der Waals surface area contributed by atoms with E-state index < -0.39 is 0 Å². The maximum atomic E-state index is 5.57. The number of nitrogens with one attached hydrogen (secondary N) is 2. The lowest BCUT2D eigenvalue weighted by Crippen LogP contribution is -2.38. The molecule has 0 amide bonds. The van der Waals surface area contributed by atoms with Crippen molar-refractivity contribution in [3.63, 3.8) is 0 Å². The van der Waals surface area contributed by atoms with Crippen molar-refractivity contribution in [3.05, 3.63) is 53.1 Å². The lowest BCUT2D eigenvalue weighted by atomic mass is 10.1. The molecule has 0 aromatic heterocycles. The maximum Gasteiger partial charge on any atom is 0.190 e. The summed E-state index contributed by atoms with van der Waals surface area (Å²) in [6, 6.07) is 12.5. The first-order valence-corrected chi connectivity index (χ1v) is 10.1. The zero-order chi connectivity index (χ0) is 20.5. The summed E-state index contributed by atoms with van der Waals surface area (Å²) in [6.45, 7) is 2.50. The first kappa shape index (κ1) is 20.8. The highest BCUT2D eigenvalue weighted by atomic mass is 16.5. The van der Waals surface area contributed by atoms with Gasteiger partial charge in [-0.1, -0.05) is 18.2 Å². The van der Waals surface area contributed by atoms with Gasteiger partial charge in [0.15, 0.2) is 17.5 Å². The highest BCUT2D eigenvalue weighted by molar-refractivity contribution is 5.79. The largest absolute Gasteiger partial charge is 0.493 e. The van der Waals surface area contributed by atoms with Crippen molar-refractivity contribution >= 4 is 5.96 Å². The molecular formula is C23H31N3O3. The Kier molecular flexibility index (Phi) is 7.61. The molecule has 2 aromatic carbocycles. The van der Waals surface area contributed by atoms with Crippen LogP contribution in [0.25, 0.3) is 0 Å². The molecule has 29 heavy (non-hydrogen) atoms. The maximum absolute atomic E-state index is 5.57. The first-order valence-electron chi connectivity index (χ1n) is 10.1. The predicted molar refractivity (Wildman–Crippen MR) is 117 cm³/mol. The van der Waals surface area contributed by atoms with Crippen LogP contribution in [-0.2, 0) is 19.3 Å². The van der Waals surface area contributed by atoms with Gasteiger partial charge >= 0.3 is 0 Å². The molecule has 0 fully saturated rings. The Morgan fingerprint density at radius 3 is 2.52 bits per heavy atom. The molecule has 0 unspecified atom stereocenters. The number of fused-ring (bicyclic) bond motifs is 1. The highest BCUT2D eigenvalue weighted by Crippen LogP contribution is 2.28. The summed E-state index contributed by atoms with van der Waals surface area (Å²) in [4.78, 5) is 4.31. The van der Waals surface area contributed by atoms with E-state index in [1.54, 1.807) is 21.3 Å². The number of hydrogen-bond donors (Lipinski definition) is 2. The molecule has 0 aliphatic carbocycles. The molecule has 0 radical (unpaired) electrons. The summed E-state index contributed by atoms with van der Waals surface area (Å²) < 4.78 is 16.2. The lowest BCUT2D eigenvalue weighted by Gasteiger charge is -2.13. The van der Waals surface area contributed by atoms with Crippen LogP contribution in [0.15, 0.2) is 41.4 Å². The van der Waals surface area contributed by atoms with Gasteiger partial charge in [0.25, 0.3) is 0 Å². The second-order valence-corrected chi connectivity index (χ2v) is 7.01. The Morgan fingerprint density at radius 2 is 1.72 bits per heavy atom. The van der Waals surface area contributed by atoms with E-state index in [4.69, 9.17) is 14.2 Å². The Morgan fingerprint density at radius 1 is 0.966 bits per heavy atom. The summed E-state index contributed by atoms with van der Waals surface area (Å²) in [5.41, 5.74) is 3.87. The van der Waals surface area contributed by atoms with Crippen LogP contribution in [0, 0.1) is 0 Å². The van der Waals surface area contributed by atoms with Crippen molar-refractivity contribution in [1.29, 1.82) is 0 Å². The Labute approximate surface area is 173 Å². The molecule has 1 heterocycles. The normalized spacial score (nSPS) is 12.9. The monoisotopic (exact) mass is 397 g/mol. The molecule has 6 nitrogen and oxygen atoms in total. The fourth-order valence-electron chi connectivity index (χ4n) is 3.48. The summed E-state index contributed by atoms with van der Waals surface area (Å²) in [7, 11) is 5.12. The van der Waals surface area contributed by atoms with Crippen LogP contribution in [0.1, 0.15) is 23.1 Å². The topological polar surface area (TPSA) is 64.1 Å². The van der Waals surface area contributed by atoms with Crippen molar-refractivity contribution in [2.75, 3.05) is 41.0 Å². The minimum absolute atomic E-state index is 0.759. The van der Waals surface area contributed by atoms with Crippen molar-refractivity contribution < 1.29 is 14.2 Å². The number of benzene rings is 2. The molecule has 156 valence electrons. The van der Waals surface area contributed by atoms with Crippen molar-refractivity contribution in [2.45, 2.75) is 25.7 Å². The van der Waals surface area contributed by atoms with Crippen molar-refractivity contribution in [1.82, 2.24) is 10.6 Å². The van der Waals surface area contributed by atoms with Crippen molar-refractivity contribution in [2.24, 2.45) is 4.99 Å². The number of rotatable bonds is 9. The average molecular weight is 398 g/mol. The molecule has 0 bridgehead atoms. The van der Waals surface area contributed by atoms with E-state index in [0.29, 0.717) is 0 Å². The van der Waals surface area contributed by atoms with Gasteiger partial charge in [0.1, 0.15) is 5.75 Å². The van der Waals surface area contributed by atoms with Gasteiger partial charge in [-0.2, -0.15) is 0 Å². The van der Waals surface area contributed by atoms with E-state index in [1.807, 2.05) is 12.1 Å². The van der Waals surface area contributed by atoms with Crippen LogP contribution in [0.2, 0.25) is 0 Å². The quantitative estimate of drug-likeness (QED) is 0.387. The molecule has 0 saturated carbocycles. The molecule has 1 aliphatic heterocycles. The van der Waals surface area contributed by atoms with E-state index >= 15 is 0 Å². The zero-order valence-electron chi connectivity index (χ0n) is 17.6. The molecule has 2 aromatic rings. The van der Waals surface area contributed by atoms with Crippen LogP contribution in [-0.4, -0.2) is 46.9 Å².